The van der Waals surface area contributed by atoms with Gasteiger partial charge in [-0.2, -0.15) is 0 Å². The average Bonchev–Trinajstić information content (AvgIpc) is 2.46. The summed E-state index contributed by atoms with van der Waals surface area (Å²) in [5.74, 6) is 0. The number of nitrogens with one attached hydrogen (secondary N) is 2. The molecule has 0 radical (unpaired) electrons. The number of amides is 2. The number of rotatable bonds is 4. The molecule has 0 saturated carbocycles. The third-order valence-corrected chi connectivity index (χ3v) is 3.93. The van der Waals surface area contributed by atoms with Crippen LogP contribution in [0.15, 0.2) is 48.5 Å². The summed E-state index contributed by atoms with van der Waals surface area (Å²) in [5, 5.41) is 6.85. The highest BCUT2D eigenvalue weighted by Crippen LogP contribution is 2.31. The van der Waals surface area contributed by atoms with Gasteiger partial charge in [0, 0.05) is 27.7 Å². The van der Waals surface area contributed by atoms with Gasteiger partial charge in [0.1, 0.15) is 0 Å². The fraction of sp³-hybridized carbons (Fsp3) is 0.235. The minimum Gasteiger partial charge on any atom is -0.337 e. The predicted molar refractivity (Wildman–Crippen MR) is 93.0 cm³/mol. The molecule has 0 aliphatic heterocycles. The summed E-state index contributed by atoms with van der Waals surface area (Å²) in [7, 11) is 0. The molecule has 0 unspecified atom stereocenters. The maximum Gasteiger partial charge on any atom is 0.319 e. The second-order valence-electron chi connectivity index (χ2n) is 5.68. The second kappa shape index (κ2) is 7.03. The van der Waals surface area contributed by atoms with Crippen molar-refractivity contribution in [3.05, 3.63) is 64.1 Å². The van der Waals surface area contributed by atoms with E-state index in [1.807, 2.05) is 50.2 Å². The Morgan fingerprint density at radius 2 is 1.77 bits per heavy atom. The smallest absolute Gasteiger partial charge is 0.319 e. The molecule has 2 aromatic rings. The average molecular weight is 337 g/mol. The molecular formula is C17H18Cl2N2O. The number of hydrogen-bond acceptors (Lipinski definition) is 1. The van der Waals surface area contributed by atoms with Gasteiger partial charge in [-0.3, -0.25) is 0 Å². The van der Waals surface area contributed by atoms with E-state index in [-0.39, 0.29) is 11.4 Å². The third-order valence-electron chi connectivity index (χ3n) is 3.38. The van der Waals surface area contributed by atoms with Crippen LogP contribution in [0, 0.1) is 0 Å². The van der Waals surface area contributed by atoms with Crippen LogP contribution in [-0.4, -0.2) is 12.6 Å². The first kappa shape index (κ1) is 16.7. The summed E-state index contributed by atoms with van der Waals surface area (Å²) in [5.41, 5.74) is 1.39. The molecule has 2 N–H and O–H groups in total. The van der Waals surface area contributed by atoms with Crippen molar-refractivity contribution in [2.24, 2.45) is 0 Å². The molecule has 2 rings (SSSR count). The van der Waals surface area contributed by atoms with E-state index in [0.717, 1.165) is 11.3 Å². The molecule has 0 fully saturated rings. The molecule has 2 aromatic carbocycles. The predicted octanol–water partition coefficient (Wildman–Crippen LogP) is 5.09. The molecular weight excluding hydrogens is 319 g/mol. The maximum atomic E-state index is 12.0. The Morgan fingerprint density at radius 1 is 1.09 bits per heavy atom. The number of benzene rings is 2. The van der Waals surface area contributed by atoms with E-state index in [9.17, 15) is 4.79 Å². The van der Waals surface area contributed by atoms with Crippen LogP contribution in [-0.2, 0) is 5.41 Å². The molecule has 0 bridgehead atoms. The Kier molecular flexibility index (Phi) is 5.33. The lowest BCUT2D eigenvalue weighted by Crippen LogP contribution is -2.39. The van der Waals surface area contributed by atoms with Crippen molar-refractivity contribution < 1.29 is 4.79 Å². The Bertz CT molecular complexity index is 657. The molecule has 5 heteroatoms. The molecule has 22 heavy (non-hydrogen) atoms. The van der Waals surface area contributed by atoms with Gasteiger partial charge in [-0.15, -0.1) is 0 Å². The summed E-state index contributed by atoms with van der Waals surface area (Å²) >= 11 is 12.2. The van der Waals surface area contributed by atoms with Crippen molar-refractivity contribution in [3.63, 3.8) is 0 Å². The lowest BCUT2D eigenvalue weighted by Gasteiger charge is -2.27. The zero-order valence-corrected chi connectivity index (χ0v) is 14.0. The molecule has 0 saturated heterocycles. The van der Waals surface area contributed by atoms with Crippen LogP contribution in [0.25, 0.3) is 0 Å². The van der Waals surface area contributed by atoms with Crippen LogP contribution < -0.4 is 10.6 Å². The van der Waals surface area contributed by atoms with Crippen molar-refractivity contribution in [2.45, 2.75) is 19.3 Å². The zero-order valence-electron chi connectivity index (χ0n) is 12.5. The van der Waals surface area contributed by atoms with Gasteiger partial charge in [0.2, 0.25) is 0 Å². The van der Waals surface area contributed by atoms with Crippen molar-refractivity contribution in [1.29, 1.82) is 0 Å². The van der Waals surface area contributed by atoms with Gasteiger partial charge >= 0.3 is 6.03 Å². The molecule has 2 amide bonds. The lowest BCUT2D eigenvalue weighted by molar-refractivity contribution is 0.249. The Morgan fingerprint density at radius 3 is 2.41 bits per heavy atom. The first-order chi connectivity index (χ1) is 10.4. The Balaban J connectivity index is 1.98. The number of carbonyl (C=O) groups is 1. The number of anilines is 1. The largest absolute Gasteiger partial charge is 0.337 e. The van der Waals surface area contributed by atoms with Crippen molar-refractivity contribution >= 4 is 34.9 Å². The minimum absolute atomic E-state index is 0.246. The summed E-state index contributed by atoms with van der Waals surface area (Å²) in [6, 6.07) is 14.5. The molecule has 0 atom stereocenters. The fourth-order valence-electron chi connectivity index (χ4n) is 2.13. The SMILES string of the molecule is CC(C)(CNC(=O)Nc1ccccc1)c1ccc(Cl)cc1Cl. The van der Waals surface area contributed by atoms with Gasteiger partial charge in [-0.25, -0.2) is 4.79 Å². The topological polar surface area (TPSA) is 41.1 Å². The van der Waals surface area contributed by atoms with Gasteiger partial charge in [-0.05, 0) is 29.8 Å². The summed E-state index contributed by atoms with van der Waals surface area (Å²) in [6.45, 7) is 4.49. The van der Waals surface area contributed by atoms with Gasteiger partial charge < -0.3 is 10.6 Å². The lowest BCUT2D eigenvalue weighted by atomic mass is 9.84. The van der Waals surface area contributed by atoms with E-state index in [0.29, 0.717) is 16.6 Å². The third kappa shape index (κ3) is 4.39. The first-order valence-electron chi connectivity index (χ1n) is 6.94. The van der Waals surface area contributed by atoms with Crippen molar-refractivity contribution in [3.8, 4) is 0 Å². The van der Waals surface area contributed by atoms with Crippen LogP contribution in [0.2, 0.25) is 10.0 Å². The van der Waals surface area contributed by atoms with E-state index < -0.39 is 0 Å². The van der Waals surface area contributed by atoms with Crippen molar-refractivity contribution in [1.82, 2.24) is 5.32 Å². The highest BCUT2D eigenvalue weighted by Gasteiger charge is 2.24. The highest BCUT2D eigenvalue weighted by molar-refractivity contribution is 6.35. The molecule has 116 valence electrons. The number of para-hydroxylation sites is 1. The van der Waals surface area contributed by atoms with Crippen LogP contribution in [0.1, 0.15) is 19.4 Å². The zero-order chi connectivity index (χ0) is 16.2. The molecule has 0 spiro atoms. The molecule has 0 aromatic heterocycles. The number of hydrogen-bond donors (Lipinski definition) is 2. The number of halogens is 2. The van der Waals surface area contributed by atoms with Crippen LogP contribution in [0.5, 0.6) is 0 Å². The molecule has 0 heterocycles. The van der Waals surface area contributed by atoms with E-state index in [1.165, 1.54) is 0 Å². The first-order valence-corrected chi connectivity index (χ1v) is 7.69. The highest BCUT2D eigenvalue weighted by atomic mass is 35.5. The van der Waals surface area contributed by atoms with Crippen LogP contribution in [0.4, 0.5) is 10.5 Å². The van der Waals surface area contributed by atoms with Gasteiger partial charge in [-0.1, -0.05) is 61.3 Å². The molecule has 0 aliphatic rings. The van der Waals surface area contributed by atoms with Crippen LogP contribution >= 0.6 is 23.2 Å². The van der Waals surface area contributed by atoms with Crippen molar-refractivity contribution in [2.75, 3.05) is 11.9 Å². The monoisotopic (exact) mass is 336 g/mol. The number of urea groups is 1. The van der Waals surface area contributed by atoms with E-state index >= 15 is 0 Å². The summed E-state index contributed by atoms with van der Waals surface area (Å²) in [6.07, 6.45) is 0. The minimum atomic E-state index is -0.310. The maximum absolute atomic E-state index is 12.0. The number of carbonyl (C=O) groups excluding carboxylic acids is 1. The standard InChI is InChI=1S/C17H18Cl2N2O/c1-17(2,14-9-8-12(18)10-15(14)19)11-20-16(22)21-13-6-4-3-5-7-13/h3-10H,11H2,1-2H3,(H2,20,21,22). The normalized spacial score (nSPS) is 11.1. The quantitative estimate of drug-likeness (QED) is 0.801. The summed E-state index contributed by atoms with van der Waals surface area (Å²) < 4.78 is 0. The second-order valence-corrected chi connectivity index (χ2v) is 6.53. The van der Waals surface area contributed by atoms with Gasteiger partial charge in [0.05, 0.1) is 0 Å². The van der Waals surface area contributed by atoms with E-state index in [2.05, 4.69) is 10.6 Å². The van der Waals surface area contributed by atoms with Crippen LogP contribution in [0.3, 0.4) is 0 Å². The van der Waals surface area contributed by atoms with Gasteiger partial charge in [0.25, 0.3) is 0 Å². The van der Waals surface area contributed by atoms with E-state index in [1.54, 1.807) is 12.1 Å². The fourth-order valence-corrected chi connectivity index (χ4v) is 2.80. The Hall–Kier alpha value is -1.71. The Labute approximate surface area is 140 Å². The molecule has 0 aliphatic carbocycles. The summed E-state index contributed by atoms with van der Waals surface area (Å²) in [4.78, 5) is 12.0. The van der Waals surface area contributed by atoms with Gasteiger partial charge in [0.15, 0.2) is 0 Å². The molecule has 3 nitrogen and oxygen atoms in total. The van der Waals surface area contributed by atoms with E-state index in [4.69, 9.17) is 23.2 Å².